The van der Waals surface area contributed by atoms with Gasteiger partial charge in [0.05, 0.1) is 11.4 Å². The molecule has 0 saturated heterocycles. The summed E-state index contributed by atoms with van der Waals surface area (Å²) in [5.41, 5.74) is 6.25. The van der Waals surface area contributed by atoms with E-state index < -0.39 is 10.0 Å². The molecule has 0 fully saturated rings. The number of hydrogen-bond acceptors (Lipinski definition) is 4. The number of hydrogen-bond donors (Lipinski definition) is 1. The second-order valence-electron chi connectivity index (χ2n) is 4.66. The third-order valence-electron chi connectivity index (χ3n) is 3.27. The Labute approximate surface area is 121 Å². The number of para-hydroxylation sites is 2. The van der Waals surface area contributed by atoms with Crippen LogP contribution in [0.1, 0.15) is 27.2 Å². The molecule has 0 spiro atoms. The van der Waals surface area contributed by atoms with E-state index >= 15 is 0 Å². The number of nitrogens with two attached hydrogens (primary N) is 1. The first-order valence-electron chi connectivity index (χ1n) is 6.89. The minimum atomic E-state index is -3.30. The van der Waals surface area contributed by atoms with Gasteiger partial charge in [-0.05, 0) is 25.5 Å². The molecule has 0 saturated carbocycles. The predicted molar refractivity (Wildman–Crippen MR) is 82.3 cm³/mol. The predicted octanol–water partition coefficient (Wildman–Crippen LogP) is 2.10. The Kier molecular flexibility index (Phi) is 6.29. The Morgan fingerprint density at radius 3 is 2.50 bits per heavy atom. The maximum atomic E-state index is 12.3. The van der Waals surface area contributed by atoms with Gasteiger partial charge in [0.2, 0.25) is 10.0 Å². The van der Waals surface area contributed by atoms with Crippen LogP contribution in [0.2, 0.25) is 0 Å². The van der Waals surface area contributed by atoms with Gasteiger partial charge in [-0.2, -0.15) is 4.31 Å². The number of sulfonamides is 1. The number of rotatable bonds is 8. The van der Waals surface area contributed by atoms with Gasteiger partial charge >= 0.3 is 0 Å². The lowest BCUT2D eigenvalue weighted by Gasteiger charge is -2.26. The highest BCUT2D eigenvalue weighted by Crippen LogP contribution is 2.20. The van der Waals surface area contributed by atoms with Crippen molar-refractivity contribution in [2.45, 2.75) is 33.2 Å². The van der Waals surface area contributed by atoms with Crippen molar-refractivity contribution in [3.63, 3.8) is 0 Å². The van der Waals surface area contributed by atoms with Crippen molar-refractivity contribution in [3.8, 4) is 5.75 Å². The summed E-state index contributed by atoms with van der Waals surface area (Å²) in [6, 6.07) is 7.07. The molecule has 2 N–H and O–H groups in total. The normalized spacial score (nSPS) is 13.4. The number of ether oxygens (including phenoxy) is 1. The maximum absolute atomic E-state index is 12.3. The van der Waals surface area contributed by atoms with E-state index in [1.807, 2.05) is 20.8 Å². The van der Waals surface area contributed by atoms with E-state index in [1.165, 1.54) is 4.31 Å². The van der Waals surface area contributed by atoms with Gasteiger partial charge in [0.1, 0.15) is 12.4 Å². The standard InChI is InChI=1S/C14H24N2O3S/c1-4-12(3)16(5-2)20(17,18)11-10-19-14-9-7-6-8-13(14)15/h6-9,12H,4-5,10-11,15H2,1-3H3. The summed E-state index contributed by atoms with van der Waals surface area (Å²) in [6.45, 7) is 6.31. The fourth-order valence-electron chi connectivity index (χ4n) is 1.97. The molecule has 0 radical (unpaired) electrons. The first-order valence-corrected chi connectivity index (χ1v) is 8.50. The number of anilines is 1. The van der Waals surface area contributed by atoms with Gasteiger partial charge in [0, 0.05) is 12.6 Å². The van der Waals surface area contributed by atoms with Gasteiger partial charge < -0.3 is 10.5 Å². The first-order chi connectivity index (χ1) is 9.42. The minimum absolute atomic E-state index is 0.00629. The fourth-order valence-corrected chi connectivity index (χ4v) is 3.59. The third-order valence-corrected chi connectivity index (χ3v) is 5.28. The van der Waals surface area contributed by atoms with Gasteiger partial charge in [-0.25, -0.2) is 8.42 Å². The molecule has 5 nitrogen and oxygen atoms in total. The van der Waals surface area contributed by atoms with E-state index in [4.69, 9.17) is 10.5 Å². The molecule has 0 bridgehead atoms. The van der Waals surface area contributed by atoms with Crippen molar-refractivity contribution < 1.29 is 13.2 Å². The number of nitrogens with zero attached hydrogens (tertiary/aromatic N) is 1. The lowest BCUT2D eigenvalue weighted by atomic mass is 10.3. The Morgan fingerprint density at radius 2 is 1.95 bits per heavy atom. The van der Waals surface area contributed by atoms with Crippen molar-refractivity contribution in [1.29, 1.82) is 0 Å². The lowest BCUT2D eigenvalue weighted by Crippen LogP contribution is -2.40. The Morgan fingerprint density at radius 1 is 1.30 bits per heavy atom. The van der Waals surface area contributed by atoms with E-state index in [9.17, 15) is 8.42 Å². The van der Waals surface area contributed by atoms with E-state index in [0.29, 0.717) is 18.0 Å². The summed E-state index contributed by atoms with van der Waals surface area (Å²) in [5, 5.41) is 0. The molecular weight excluding hydrogens is 276 g/mol. The average molecular weight is 300 g/mol. The van der Waals surface area contributed by atoms with Crippen LogP contribution in [0.25, 0.3) is 0 Å². The van der Waals surface area contributed by atoms with Crippen LogP contribution in [0.5, 0.6) is 5.75 Å². The summed E-state index contributed by atoms with van der Waals surface area (Å²) < 4.78 is 31.5. The van der Waals surface area contributed by atoms with Crippen LogP contribution in [-0.4, -0.2) is 37.7 Å². The van der Waals surface area contributed by atoms with Gasteiger partial charge in [0.15, 0.2) is 0 Å². The Balaban J connectivity index is 2.62. The second-order valence-corrected chi connectivity index (χ2v) is 6.70. The smallest absolute Gasteiger partial charge is 0.217 e. The molecular formula is C14H24N2O3S. The summed E-state index contributed by atoms with van der Waals surface area (Å²) in [5.74, 6) is 0.480. The van der Waals surface area contributed by atoms with E-state index in [0.717, 1.165) is 6.42 Å². The molecule has 1 aromatic rings. The highest BCUT2D eigenvalue weighted by atomic mass is 32.2. The highest BCUT2D eigenvalue weighted by Gasteiger charge is 2.24. The molecule has 1 rings (SSSR count). The molecule has 6 heteroatoms. The van der Waals surface area contributed by atoms with Gasteiger partial charge in [-0.15, -0.1) is 0 Å². The summed E-state index contributed by atoms with van der Waals surface area (Å²) >= 11 is 0. The van der Waals surface area contributed by atoms with Crippen LogP contribution in [0.4, 0.5) is 5.69 Å². The lowest BCUT2D eigenvalue weighted by molar-refractivity contribution is 0.319. The average Bonchev–Trinajstić information content (AvgIpc) is 2.41. The Hall–Kier alpha value is -1.27. The summed E-state index contributed by atoms with van der Waals surface area (Å²) in [7, 11) is -3.30. The maximum Gasteiger partial charge on any atom is 0.217 e. The molecule has 0 aliphatic heterocycles. The fraction of sp³-hybridized carbons (Fsp3) is 0.571. The monoisotopic (exact) mass is 300 g/mol. The Bertz CT molecular complexity index is 517. The summed E-state index contributed by atoms with van der Waals surface area (Å²) in [6.07, 6.45) is 0.791. The first kappa shape index (κ1) is 16.8. The van der Waals surface area contributed by atoms with E-state index in [2.05, 4.69) is 0 Å². The van der Waals surface area contributed by atoms with Gasteiger partial charge in [-0.1, -0.05) is 26.0 Å². The van der Waals surface area contributed by atoms with Crippen molar-refractivity contribution in [3.05, 3.63) is 24.3 Å². The highest BCUT2D eigenvalue weighted by molar-refractivity contribution is 7.89. The minimum Gasteiger partial charge on any atom is -0.490 e. The summed E-state index contributed by atoms with van der Waals surface area (Å²) in [4.78, 5) is 0. The molecule has 0 amide bonds. The molecule has 0 heterocycles. The molecule has 1 unspecified atom stereocenters. The molecule has 0 aliphatic carbocycles. The van der Waals surface area contributed by atoms with Crippen molar-refractivity contribution in [1.82, 2.24) is 4.31 Å². The van der Waals surface area contributed by atoms with Crippen LogP contribution in [0.15, 0.2) is 24.3 Å². The van der Waals surface area contributed by atoms with Crippen molar-refractivity contribution >= 4 is 15.7 Å². The topological polar surface area (TPSA) is 72.6 Å². The third kappa shape index (κ3) is 4.38. The zero-order valence-electron chi connectivity index (χ0n) is 12.4. The number of nitrogen functional groups attached to an aromatic ring is 1. The zero-order valence-corrected chi connectivity index (χ0v) is 13.2. The molecule has 20 heavy (non-hydrogen) atoms. The van der Waals surface area contributed by atoms with E-state index in [1.54, 1.807) is 24.3 Å². The van der Waals surface area contributed by atoms with Crippen LogP contribution in [0, 0.1) is 0 Å². The zero-order chi connectivity index (χ0) is 15.2. The van der Waals surface area contributed by atoms with Crippen LogP contribution in [0.3, 0.4) is 0 Å². The van der Waals surface area contributed by atoms with Gasteiger partial charge in [-0.3, -0.25) is 0 Å². The van der Waals surface area contributed by atoms with Crippen molar-refractivity contribution in [2.75, 3.05) is 24.6 Å². The molecule has 114 valence electrons. The van der Waals surface area contributed by atoms with Crippen LogP contribution >= 0.6 is 0 Å². The number of benzene rings is 1. The molecule has 0 aliphatic rings. The van der Waals surface area contributed by atoms with E-state index in [-0.39, 0.29) is 18.4 Å². The second kappa shape index (κ2) is 7.50. The molecule has 1 aromatic carbocycles. The SMILES string of the molecule is CCC(C)N(CC)S(=O)(=O)CCOc1ccccc1N. The van der Waals surface area contributed by atoms with Crippen LogP contribution in [-0.2, 0) is 10.0 Å². The molecule has 0 aromatic heterocycles. The largest absolute Gasteiger partial charge is 0.490 e. The molecule has 1 atom stereocenters. The quantitative estimate of drug-likeness (QED) is 0.746. The van der Waals surface area contributed by atoms with Crippen molar-refractivity contribution in [2.24, 2.45) is 0 Å². The van der Waals surface area contributed by atoms with Crippen LogP contribution < -0.4 is 10.5 Å². The van der Waals surface area contributed by atoms with Gasteiger partial charge in [0.25, 0.3) is 0 Å².